The zero-order valence-corrected chi connectivity index (χ0v) is 23.8. The van der Waals surface area contributed by atoms with Crippen LogP contribution < -0.4 is 0 Å². The van der Waals surface area contributed by atoms with E-state index in [4.69, 9.17) is 11.6 Å². The summed E-state index contributed by atoms with van der Waals surface area (Å²) in [5, 5.41) is 9.24. The average molecular weight is 603 g/mol. The molecule has 0 N–H and O–H groups in total. The summed E-state index contributed by atoms with van der Waals surface area (Å²) >= 11 is 10.9. The molecular formula is C27H26BrClFN5OS. The lowest BCUT2D eigenvalue weighted by molar-refractivity contribution is 0.0267. The number of aryl methyl sites for hydroxylation is 1. The summed E-state index contributed by atoms with van der Waals surface area (Å²) in [5.74, 6) is -0.259. The fraction of sp³-hybridized carbons (Fsp3) is 0.296. The highest BCUT2D eigenvalue weighted by Crippen LogP contribution is 2.34. The molecule has 2 aromatic carbocycles. The molecule has 0 unspecified atom stereocenters. The number of hydrogen-bond acceptors (Lipinski definition) is 5. The first kappa shape index (κ1) is 26.0. The minimum absolute atomic E-state index is 0.0626. The summed E-state index contributed by atoms with van der Waals surface area (Å²) in [5.41, 5.74) is 3.65. The van der Waals surface area contributed by atoms with E-state index in [0.717, 1.165) is 32.3 Å². The monoisotopic (exact) mass is 601 g/mol. The molecule has 1 saturated heterocycles. The second-order valence-electron chi connectivity index (χ2n) is 9.47. The molecule has 5 rings (SSSR count). The number of rotatable bonds is 5. The average Bonchev–Trinajstić information content (AvgIpc) is 3.49. The quantitative estimate of drug-likeness (QED) is 0.259. The number of nitrogens with zero attached hydrogens (tertiary/aromatic N) is 5. The van der Waals surface area contributed by atoms with Crippen molar-refractivity contribution in [2.45, 2.75) is 39.4 Å². The number of thiophene rings is 1. The van der Waals surface area contributed by atoms with Gasteiger partial charge in [-0.2, -0.15) is 0 Å². The highest BCUT2D eigenvalue weighted by atomic mass is 79.9. The molecule has 0 spiro atoms. The molecule has 2 atom stereocenters. The molecule has 6 nitrogen and oxygen atoms in total. The van der Waals surface area contributed by atoms with Crippen LogP contribution in [0.3, 0.4) is 0 Å². The van der Waals surface area contributed by atoms with E-state index >= 15 is 0 Å². The molecule has 4 aromatic rings. The Hall–Kier alpha value is -2.59. The minimum atomic E-state index is -0.322. The van der Waals surface area contributed by atoms with Crippen LogP contribution in [-0.2, 0) is 6.54 Å². The highest BCUT2D eigenvalue weighted by Gasteiger charge is 2.33. The molecule has 0 saturated carbocycles. The molecule has 2 aromatic heterocycles. The third kappa shape index (κ3) is 5.50. The Kier molecular flexibility index (Phi) is 7.49. The molecule has 3 heterocycles. The number of amides is 1. The van der Waals surface area contributed by atoms with Crippen molar-refractivity contribution in [2.75, 3.05) is 13.1 Å². The lowest BCUT2D eigenvalue weighted by atomic mass is 10.1. The van der Waals surface area contributed by atoms with Crippen molar-refractivity contribution in [1.29, 1.82) is 0 Å². The normalized spacial score (nSPS) is 18.4. The SMILES string of the molecule is Cc1cc(C(=O)N2C[C@@H](C)N(Cc3cn(-c4ccc(F)c(Br)c4)nn3)[C@@H](C)C2)sc1-c1cccc(Cl)c1. The second kappa shape index (κ2) is 10.6. The van der Waals surface area contributed by atoms with Gasteiger partial charge < -0.3 is 4.90 Å². The number of carbonyl (C=O) groups excluding carboxylic acids is 1. The van der Waals surface area contributed by atoms with Gasteiger partial charge in [-0.25, -0.2) is 9.07 Å². The fourth-order valence-electron chi connectivity index (χ4n) is 4.81. The van der Waals surface area contributed by atoms with E-state index in [9.17, 15) is 9.18 Å². The first-order valence-corrected chi connectivity index (χ1v) is 14.0. The number of hydrogen-bond donors (Lipinski definition) is 0. The number of aromatic nitrogens is 3. The first-order chi connectivity index (χ1) is 17.7. The summed E-state index contributed by atoms with van der Waals surface area (Å²) in [6.07, 6.45) is 1.86. The van der Waals surface area contributed by atoms with Crippen LogP contribution in [0.4, 0.5) is 4.39 Å². The van der Waals surface area contributed by atoms with Crippen LogP contribution in [0.5, 0.6) is 0 Å². The maximum absolute atomic E-state index is 13.6. The van der Waals surface area contributed by atoms with Crippen molar-refractivity contribution < 1.29 is 9.18 Å². The van der Waals surface area contributed by atoms with Crippen molar-refractivity contribution in [2.24, 2.45) is 0 Å². The molecule has 0 radical (unpaired) electrons. The van der Waals surface area contributed by atoms with Crippen molar-refractivity contribution in [1.82, 2.24) is 24.8 Å². The molecule has 1 fully saturated rings. The van der Waals surface area contributed by atoms with Crippen LogP contribution in [0.2, 0.25) is 5.02 Å². The van der Waals surface area contributed by atoms with Gasteiger partial charge >= 0.3 is 0 Å². The van der Waals surface area contributed by atoms with Gasteiger partial charge in [-0.3, -0.25) is 9.69 Å². The van der Waals surface area contributed by atoms with Gasteiger partial charge in [0.15, 0.2) is 0 Å². The Balaban J connectivity index is 1.27. The summed E-state index contributed by atoms with van der Waals surface area (Å²) in [7, 11) is 0. The van der Waals surface area contributed by atoms with Gasteiger partial charge in [0.05, 0.1) is 26.9 Å². The number of benzene rings is 2. The maximum atomic E-state index is 13.6. The van der Waals surface area contributed by atoms with Gasteiger partial charge in [-0.15, -0.1) is 16.4 Å². The van der Waals surface area contributed by atoms with E-state index in [2.05, 4.69) is 45.0 Å². The zero-order chi connectivity index (χ0) is 26.3. The van der Waals surface area contributed by atoms with E-state index in [1.165, 1.54) is 17.4 Å². The Morgan fingerprint density at radius 2 is 1.92 bits per heavy atom. The van der Waals surface area contributed by atoms with Crippen molar-refractivity contribution >= 4 is 44.8 Å². The molecule has 37 heavy (non-hydrogen) atoms. The molecule has 0 aliphatic carbocycles. The minimum Gasteiger partial charge on any atom is -0.335 e. The van der Waals surface area contributed by atoms with Crippen LogP contribution in [0.1, 0.15) is 34.8 Å². The van der Waals surface area contributed by atoms with Gasteiger partial charge in [0.2, 0.25) is 0 Å². The third-order valence-electron chi connectivity index (χ3n) is 6.66. The van der Waals surface area contributed by atoms with Crippen LogP contribution in [0.15, 0.2) is 59.2 Å². The van der Waals surface area contributed by atoms with Gasteiger partial charge in [0.25, 0.3) is 5.91 Å². The lowest BCUT2D eigenvalue weighted by Gasteiger charge is -2.44. The summed E-state index contributed by atoms with van der Waals surface area (Å²) in [4.78, 5) is 19.6. The summed E-state index contributed by atoms with van der Waals surface area (Å²) in [6.45, 7) is 8.18. The number of carbonyl (C=O) groups is 1. The lowest BCUT2D eigenvalue weighted by Crippen LogP contribution is -2.57. The van der Waals surface area contributed by atoms with E-state index in [-0.39, 0.29) is 23.8 Å². The van der Waals surface area contributed by atoms with Crippen LogP contribution >= 0.6 is 38.9 Å². The molecule has 1 aliphatic heterocycles. The van der Waals surface area contributed by atoms with Gasteiger partial charge in [0, 0.05) is 41.6 Å². The molecule has 0 bridgehead atoms. The first-order valence-electron chi connectivity index (χ1n) is 12.0. The number of halogens is 3. The topological polar surface area (TPSA) is 54.3 Å². The molecule has 1 aliphatic rings. The van der Waals surface area contributed by atoms with E-state index < -0.39 is 0 Å². The fourth-order valence-corrected chi connectivity index (χ4v) is 6.50. The third-order valence-corrected chi connectivity index (χ3v) is 8.77. The largest absolute Gasteiger partial charge is 0.335 e. The number of piperazine rings is 1. The van der Waals surface area contributed by atoms with E-state index in [1.807, 2.05) is 48.4 Å². The molecule has 1 amide bonds. The summed E-state index contributed by atoms with van der Waals surface area (Å²) in [6, 6.07) is 14.7. The Bertz CT molecular complexity index is 1440. The zero-order valence-electron chi connectivity index (χ0n) is 20.7. The predicted octanol–water partition coefficient (Wildman–Crippen LogP) is 6.59. The van der Waals surface area contributed by atoms with E-state index in [1.54, 1.807) is 16.8 Å². The van der Waals surface area contributed by atoms with Crippen LogP contribution in [-0.4, -0.2) is 55.9 Å². The Morgan fingerprint density at radius 3 is 2.62 bits per heavy atom. The summed E-state index contributed by atoms with van der Waals surface area (Å²) < 4.78 is 15.6. The Morgan fingerprint density at radius 1 is 1.16 bits per heavy atom. The molecule has 10 heteroatoms. The molecular weight excluding hydrogens is 577 g/mol. The van der Waals surface area contributed by atoms with E-state index in [0.29, 0.717) is 29.1 Å². The van der Waals surface area contributed by atoms with Gasteiger partial charge in [-0.1, -0.05) is 28.9 Å². The van der Waals surface area contributed by atoms with Crippen molar-refractivity contribution in [3.05, 3.63) is 86.2 Å². The smallest absolute Gasteiger partial charge is 0.264 e. The van der Waals surface area contributed by atoms with Crippen LogP contribution in [0.25, 0.3) is 16.1 Å². The van der Waals surface area contributed by atoms with Crippen molar-refractivity contribution in [3.63, 3.8) is 0 Å². The predicted molar refractivity (Wildman–Crippen MR) is 149 cm³/mol. The Labute approximate surface area is 232 Å². The maximum Gasteiger partial charge on any atom is 0.264 e. The van der Waals surface area contributed by atoms with Gasteiger partial charge in [0.1, 0.15) is 5.82 Å². The standard InChI is InChI=1S/C27H26BrClFN5OS/c1-16-9-25(37-26(16)19-5-4-6-20(29)10-19)27(36)33-12-17(2)34(18(3)13-33)14-21-15-35(32-31-21)22-7-8-24(30)23(28)11-22/h4-11,15,17-18H,12-14H2,1-3H3/t17-,18+. The van der Waals surface area contributed by atoms with Crippen LogP contribution in [0, 0.1) is 12.7 Å². The van der Waals surface area contributed by atoms with Gasteiger partial charge in [-0.05, 0) is 84.2 Å². The molecule has 192 valence electrons. The van der Waals surface area contributed by atoms with Crippen molar-refractivity contribution in [3.8, 4) is 16.1 Å². The highest BCUT2D eigenvalue weighted by molar-refractivity contribution is 9.10. The second-order valence-corrected chi connectivity index (χ2v) is 11.8.